The second-order valence-electron chi connectivity index (χ2n) is 4.75. The zero-order valence-electron chi connectivity index (χ0n) is 8.48. The first-order chi connectivity index (χ1) is 5.10. The van der Waals surface area contributed by atoms with Gasteiger partial charge in [0.05, 0.1) is 0 Å². The van der Waals surface area contributed by atoms with Crippen LogP contribution in [0, 0.1) is 17.3 Å². The van der Waals surface area contributed by atoms with Crippen molar-refractivity contribution in [2.45, 2.75) is 53.4 Å². The fraction of sp³-hybridized carbons (Fsp3) is 1.00. The second-order valence-corrected chi connectivity index (χ2v) is 4.75. The quantitative estimate of drug-likeness (QED) is 0.579. The summed E-state index contributed by atoms with van der Waals surface area (Å²) in [6.45, 7) is 9.48. The van der Waals surface area contributed by atoms with Crippen LogP contribution in [0.3, 0.4) is 0 Å². The van der Waals surface area contributed by atoms with Gasteiger partial charge in [-0.3, -0.25) is 0 Å². The minimum Gasteiger partial charge on any atom is -0.0648 e. The Morgan fingerprint density at radius 3 is 2.18 bits per heavy atom. The normalized spacial score (nSPS) is 37.4. The van der Waals surface area contributed by atoms with Crippen LogP contribution >= 0.6 is 0 Å². The lowest BCUT2D eigenvalue weighted by molar-refractivity contribution is 0.0160. The van der Waals surface area contributed by atoms with Crippen LogP contribution in [0.25, 0.3) is 0 Å². The Labute approximate surface area is 71.4 Å². The largest absolute Gasteiger partial charge is 0.0648 e. The molecule has 1 rings (SSSR count). The Morgan fingerprint density at radius 2 is 2.09 bits per heavy atom. The fourth-order valence-electron chi connectivity index (χ4n) is 2.63. The van der Waals surface area contributed by atoms with E-state index in [4.69, 9.17) is 0 Å². The van der Waals surface area contributed by atoms with Crippen LogP contribution in [0.4, 0.5) is 0 Å². The minimum absolute atomic E-state index is 0.744. The minimum atomic E-state index is 0.744. The predicted molar refractivity (Wildman–Crippen MR) is 50.6 cm³/mol. The van der Waals surface area contributed by atoms with Crippen LogP contribution in [-0.4, -0.2) is 0 Å². The number of hydrogen-bond acceptors (Lipinski definition) is 0. The Balaban J connectivity index is 2.47. The Morgan fingerprint density at radius 1 is 1.45 bits per heavy atom. The molecule has 0 spiro atoms. The van der Waals surface area contributed by atoms with Crippen LogP contribution in [0.15, 0.2) is 0 Å². The molecule has 0 aliphatic heterocycles. The highest BCUT2D eigenvalue weighted by Gasteiger charge is 2.41. The molecule has 1 aliphatic carbocycles. The van der Waals surface area contributed by atoms with Crippen molar-refractivity contribution in [1.29, 1.82) is 0 Å². The Kier molecular flexibility index (Phi) is 2.61. The molecule has 1 aliphatic rings. The molecule has 0 aromatic heterocycles. The van der Waals surface area contributed by atoms with E-state index in [1.807, 2.05) is 0 Å². The van der Waals surface area contributed by atoms with Gasteiger partial charge in [-0.15, -0.1) is 0 Å². The summed E-state index contributed by atoms with van der Waals surface area (Å²) in [5.41, 5.74) is 0.744. The first-order valence-corrected chi connectivity index (χ1v) is 5.10. The van der Waals surface area contributed by atoms with Crippen LogP contribution in [0.5, 0.6) is 0 Å². The van der Waals surface area contributed by atoms with E-state index in [0.29, 0.717) is 0 Å². The van der Waals surface area contributed by atoms with E-state index in [9.17, 15) is 0 Å². The predicted octanol–water partition coefficient (Wildman–Crippen LogP) is 3.86. The van der Waals surface area contributed by atoms with Crippen LogP contribution in [0.1, 0.15) is 53.4 Å². The lowest BCUT2D eigenvalue weighted by Crippen LogP contribution is -2.38. The summed E-state index contributed by atoms with van der Waals surface area (Å²) in [7, 11) is 0. The molecule has 0 heteroatoms. The highest BCUT2D eigenvalue weighted by Crippen LogP contribution is 2.52. The maximum atomic E-state index is 2.43. The molecule has 0 N–H and O–H groups in total. The maximum absolute atomic E-state index is 2.43. The summed E-state index contributed by atoms with van der Waals surface area (Å²) in [6.07, 6.45) is 5.81. The van der Waals surface area contributed by atoms with Gasteiger partial charge in [-0.05, 0) is 36.5 Å². The van der Waals surface area contributed by atoms with Crippen molar-refractivity contribution >= 4 is 0 Å². The Bertz CT molecular complexity index is 122. The molecule has 2 atom stereocenters. The first kappa shape index (κ1) is 9.09. The molecule has 0 aromatic carbocycles. The highest BCUT2D eigenvalue weighted by molar-refractivity contribution is 4.92. The summed E-state index contributed by atoms with van der Waals surface area (Å²) in [6, 6.07) is 0. The zero-order valence-corrected chi connectivity index (χ0v) is 8.48. The summed E-state index contributed by atoms with van der Waals surface area (Å²) in [5, 5.41) is 0. The molecule has 0 heterocycles. The molecule has 0 nitrogen and oxygen atoms in total. The monoisotopic (exact) mass is 154 g/mol. The van der Waals surface area contributed by atoms with Crippen LogP contribution in [0.2, 0.25) is 0 Å². The van der Waals surface area contributed by atoms with E-state index < -0.39 is 0 Å². The van der Waals surface area contributed by atoms with Gasteiger partial charge in [0.2, 0.25) is 0 Å². The smallest absolute Gasteiger partial charge is 0.0272 e. The van der Waals surface area contributed by atoms with Gasteiger partial charge >= 0.3 is 0 Å². The SMILES string of the molecule is CCC1(CC(C)C)CCC1C. The van der Waals surface area contributed by atoms with Crippen molar-refractivity contribution in [1.82, 2.24) is 0 Å². The standard InChI is InChI=1S/C11H22/c1-5-11(8-9(2)3)7-6-10(11)4/h9-10H,5-8H2,1-4H3. The molecule has 0 radical (unpaired) electrons. The van der Waals surface area contributed by atoms with Crippen molar-refractivity contribution in [3.05, 3.63) is 0 Å². The molecule has 1 fully saturated rings. The van der Waals surface area contributed by atoms with Crippen LogP contribution < -0.4 is 0 Å². The second kappa shape index (κ2) is 3.16. The molecular formula is C11H22. The van der Waals surface area contributed by atoms with Crippen molar-refractivity contribution in [2.24, 2.45) is 17.3 Å². The zero-order chi connectivity index (χ0) is 8.48. The first-order valence-electron chi connectivity index (χ1n) is 5.10. The van der Waals surface area contributed by atoms with Gasteiger partial charge in [-0.1, -0.05) is 34.1 Å². The summed E-state index contributed by atoms with van der Waals surface area (Å²) >= 11 is 0. The third-order valence-electron chi connectivity index (χ3n) is 3.64. The molecular weight excluding hydrogens is 132 g/mol. The van der Waals surface area contributed by atoms with E-state index in [1.165, 1.54) is 25.7 Å². The third-order valence-corrected chi connectivity index (χ3v) is 3.64. The average molecular weight is 154 g/mol. The molecule has 0 aromatic rings. The van der Waals surface area contributed by atoms with Crippen LogP contribution in [-0.2, 0) is 0 Å². The third kappa shape index (κ3) is 1.60. The van der Waals surface area contributed by atoms with Crippen molar-refractivity contribution in [3.8, 4) is 0 Å². The molecule has 0 saturated heterocycles. The van der Waals surface area contributed by atoms with Gasteiger partial charge < -0.3 is 0 Å². The Hall–Kier alpha value is 0. The summed E-state index contributed by atoms with van der Waals surface area (Å²) < 4.78 is 0. The van der Waals surface area contributed by atoms with E-state index in [2.05, 4.69) is 27.7 Å². The van der Waals surface area contributed by atoms with Gasteiger partial charge in [-0.2, -0.15) is 0 Å². The van der Waals surface area contributed by atoms with Crippen molar-refractivity contribution < 1.29 is 0 Å². The molecule has 1 saturated carbocycles. The van der Waals surface area contributed by atoms with E-state index in [0.717, 1.165) is 17.3 Å². The maximum Gasteiger partial charge on any atom is -0.0272 e. The van der Waals surface area contributed by atoms with E-state index in [1.54, 1.807) is 0 Å². The molecule has 66 valence electrons. The fourth-order valence-corrected chi connectivity index (χ4v) is 2.63. The van der Waals surface area contributed by atoms with Crippen molar-refractivity contribution in [3.63, 3.8) is 0 Å². The summed E-state index contributed by atoms with van der Waals surface area (Å²) in [4.78, 5) is 0. The van der Waals surface area contributed by atoms with E-state index >= 15 is 0 Å². The molecule has 2 unspecified atom stereocenters. The number of hydrogen-bond donors (Lipinski definition) is 0. The lowest BCUT2D eigenvalue weighted by atomic mass is 9.56. The molecule has 11 heavy (non-hydrogen) atoms. The van der Waals surface area contributed by atoms with Gasteiger partial charge in [0.1, 0.15) is 0 Å². The molecule has 0 amide bonds. The van der Waals surface area contributed by atoms with Gasteiger partial charge in [0.25, 0.3) is 0 Å². The lowest BCUT2D eigenvalue weighted by Gasteiger charge is -2.49. The average Bonchev–Trinajstić information content (AvgIpc) is 1.96. The van der Waals surface area contributed by atoms with Gasteiger partial charge in [0.15, 0.2) is 0 Å². The van der Waals surface area contributed by atoms with Crippen molar-refractivity contribution in [2.75, 3.05) is 0 Å². The van der Waals surface area contributed by atoms with E-state index in [-0.39, 0.29) is 0 Å². The number of rotatable bonds is 3. The van der Waals surface area contributed by atoms with Gasteiger partial charge in [-0.25, -0.2) is 0 Å². The molecule has 0 bridgehead atoms. The summed E-state index contributed by atoms with van der Waals surface area (Å²) in [5.74, 6) is 1.88. The highest BCUT2D eigenvalue weighted by atomic mass is 14.5. The topological polar surface area (TPSA) is 0 Å². The van der Waals surface area contributed by atoms with Gasteiger partial charge in [0, 0.05) is 0 Å².